The third kappa shape index (κ3) is 6.24. The lowest BCUT2D eigenvalue weighted by Gasteiger charge is -2.30. The van der Waals surface area contributed by atoms with Gasteiger partial charge in [-0.15, -0.1) is 0 Å². The Bertz CT molecular complexity index is 1100. The van der Waals surface area contributed by atoms with Gasteiger partial charge in [0, 0.05) is 30.8 Å². The summed E-state index contributed by atoms with van der Waals surface area (Å²) in [4.78, 5) is 12.5. The number of sulfonamides is 1. The molecule has 2 aromatic rings. The summed E-state index contributed by atoms with van der Waals surface area (Å²) in [6, 6.07) is 7.73. The lowest BCUT2D eigenvalue weighted by atomic mass is 9.97. The standard InChI is InChI=1S/C24H30F2N2O5S/c1-3-13-32-22-8-5-18(15-23(22)33-14-4-2)27-24(29)17-9-11-28(12-10-17)34(30,31)19-6-7-20(25)21(26)16-19/h5-8,15-17H,3-4,9-14H2,1-2H3,(H,27,29). The molecule has 0 unspecified atom stereocenters. The molecule has 1 heterocycles. The number of rotatable bonds is 10. The Morgan fingerprint density at radius 2 is 1.62 bits per heavy atom. The van der Waals surface area contributed by atoms with Crippen molar-refractivity contribution in [1.29, 1.82) is 0 Å². The molecule has 1 aliphatic rings. The van der Waals surface area contributed by atoms with Gasteiger partial charge in [0.2, 0.25) is 15.9 Å². The van der Waals surface area contributed by atoms with Crippen LogP contribution in [0.3, 0.4) is 0 Å². The molecule has 186 valence electrons. The number of piperidine rings is 1. The molecule has 0 aromatic heterocycles. The van der Waals surface area contributed by atoms with Crippen molar-refractivity contribution >= 4 is 21.6 Å². The quantitative estimate of drug-likeness (QED) is 0.520. The van der Waals surface area contributed by atoms with Gasteiger partial charge in [-0.2, -0.15) is 4.31 Å². The molecule has 0 saturated carbocycles. The van der Waals surface area contributed by atoms with Crippen molar-refractivity contribution in [2.24, 2.45) is 5.92 Å². The minimum absolute atomic E-state index is 0.105. The molecular formula is C24H30F2N2O5S. The first kappa shape index (κ1) is 25.9. The van der Waals surface area contributed by atoms with E-state index in [1.807, 2.05) is 13.8 Å². The highest BCUT2D eigenvalue weighted by atomic mass is 32.2. The zero-order valence-corrected chi connectivity index (χ0v) is 20.2. The number of benzene rings is 2. The van der Waals surface area contributed by atoms with E-state index in [0.29, 0.717) is 49.3 Å². The highest BCUT2D eigenvalue weighted by Gasteiger charge is 2.32. The molecule has 0 atom stereocenters. The maximum Gasteiger partial charge on any atom is 0.243 e. The molecule has 0 bridgehead atoms. The van der Waals surface area contributed by atoms with E-state index in [0.717, 1.165) is 25.0 Å². The van der Waals surface area contributed by atoms with Crippen LogP contribution in [0.5, 0.6) is 11.5 Å². The maximum atomic E-state index is 13.5. The topological polar surface area (TPSA) is 84.9 Å². The monoisotopic (exact) mass is 496 g/mol. The fourth-order valence-electron chi connectivity index (χ4n) is 3.63. The molecule has 34 heavy (non-hydrogen) atoms. The summed E-state index contributed by atoms with van der Waals surface area (Å²) in [5, 5.41) is 2.88. The average molecular weight is 497 g/mol. The van der Waals surface area contributed by atoms with Crippen LogP contribution in [0.25, 0.3) is 0 Å². The van der Waals surface area contributed by atoms with Gasteiger partial charge in [-0.25, -0.2) is 17.2 Å². The van der Waals surface area contributed by atoms with Crippen LogP contribution in [-0.2, 0) is 14.8 Å². The molecule has 1 aliphatic heterocycles. The fraction of sp³-hybridized carbons (Fsp3) is 0.458. The number of nitrogens with one attached hydrogen (secondary N) is 1. The van der Waals surface area contributed by atoms with Crippen molar-refractivity contribution in [3.05, 3.63) is 48.0 Å². The summed E-state index contributed by atoms with van der Waals surface area (Å²) in [5.74, 6) is -1.75. The number of halogens is 2. The van der Waals surface area contributed by atoms with Crippen LogP contribution in [0.15, 0.2) is 41.3 Å². The molecule has 2 aromatic carbocycles. The minimum atomic E-state index is -3.97. The van der Waals surface area contributed by atoms with Gasteiger partial charge in [-0.1, -0.05) is 13.8 Å². The highest BCUT2D eigenvalue weighted by Crippen LogP contribution is 2.32. The molecular weight excluding hydrogens is 466 g/mol. The number of anilines is 1. The van der Waals surface area contributed by atoms with Gasteiger partial charge in [-0.05, 0) is 56.0 Å². The first-order valence-corrected chi connectivity index (χ1v) is 12.9. The Morgan fingerprint density at radius 3 is 2.24 bits per heavy atom. The Hall–Kier alpha value is -2.72. The largest absolute Gasteiger partial charge is 0.490 e. The van der Waals surface area contributed by atoms with Gasteiger partial charge < -0.3 is 14.8 Å². The molecule has 7 nitrogen and oxygen atoms in total. The summed E-state index contributed by atoms with van der Waals surface area (Å²) in [6.07, 6.45) is 2.31. The van der Waals surface area contributed by atoms with Gasteiger partial charge in [0.1, 0.15) is 0 Å². The summed E-state index contributed by atoms with van der Waals surface area (Å²) in [5.41, 5.74) is 0.566. The Morgan fingerprint density at radius 1 is 0.971 bits per heavy atom. The van der Waals surface area contributed by atoms with Crippen LogP contribution in [0.1, 0.15) is 39.5 Å². The second-order valence-electron chi connectivity index (χ2n) is 8.10. The summed E-state index contributed by atoms with van der Waals surface area (Å²) in [7, 11) is -3.97. The lowest BCUT2D eigenvalue weighted by Crippen LogP contribution is -2.41. The van der Waals surface area contributed by atoms with E-state index in [9.17, 15) is 22.0 Å². The lowest BCUT2D eigenvalue weighted by molar-refractivity contribution is -0.120. The van der Waals surface area contributed by atoms with E-state index >= 15 is 0 Å². The summed E-state index contributed by atoms with van der Waals surface area (Å²) >= 11 is 0. The van der Waals surface area contributed by atoms with Crippen molar-refractivity contribution in [3.8, 4) is 11.5 Å². The smallest absolute Gasteiger partial charge is 0.243 e. The molecule has 3 rings (SSSR count). The fourth-order valence-corrected chi connectivity index (χ4v) is 5.11. The van der Waals surface area contributed by atoms with Gasteiger partial charge in [0.25, 0.3) is 0 Å². The molecule has 10 heteroatoms. The Balaban J connectivity index is 1.62. The van der Waals surface area contributed by atoms with E-state index in [1.54, 1.807) is 18.2 Å². The first-order chi connectivity index (χ1) is 16.3. The van der Waals surface area contributed by atoms with Crippen molar-refractivity contribution in [3.63, 3.8) is 0 Å². The number of hydrogen-bond acceptors (Lipinski definition) is 5. The molecule has 0 radical (unpaired) electrons. The summed E-state index contributed by atoms with van der Waals surface area (Å²) < 4.78 is 64.9. The second-order valence-corrected chi connectivity index (χ2v) is 10.0. The molecule has 0 aliphatic carbocycles. The molecule has 1 N–H and O–H groups in total. The van der Waals surface area contributed by atoms with Crippen molar-refractivity contribution < 1.29 is 31.5 Å². The predicted octanol–water partition coefficient (Wildman–Crippen LogP) is 4.58. The number of carbonyl (C=O) groups is 1. The highest BCUT2D eigenvalue weighted by molar-refractivity contribution is 7.89. The van der Waals surface area contributed by atoms with E-state index in [2.05, 4.69) is 5.32 Å². The van der Waals surface area contributed by atoms with Crippen LogP contribution < -0.4 is 14.8 Å². The predicted molar refractivity (Wildman–Crippen MR) is 124 cm³/mol. The number of amides is 1. The maximum absolute atomic E-state index is 13.5. The van der Waals surface area contributed by atoms with Gasteiger partial charge >= 0.3 is 0 Å². The molecule has 1 saturated heterocycles. The SMILES string of the molecule is CCCOc1ccc(NC(=O)C2CCN(S(=O)(=O)c3ccc(F)c(F)c3)CC2)cc1OCCC. The summed E-state index contributed by atoms with van der Waals surface area (Å²) in [6.45, 7) is 5.29. The Kier molecular flexibility index (Phi) is 8.84. The van der Waals surface area contributed by atoms with Crippen LogP contribution in [0.2, 0.25) is 0 Å². The van der Waals surface area contributed by atoms with Gasteiger partial charge in [0.05, 0.1) is 18.1 Å². The van der Waals surface area contributed by atoms with E-state index in [4.69, 9.17) is 9.47 Å². The van der Waals surface area contributed by atoms with Gasteiger partial charge in [0.15, 0.2) is 23.1 Å². The van der Waals surface area contributed by atoms with E-state index in [1.165, 1.54) is 4.31 Å². The third-order valence-electron chi connectivity index (χ3n) is 5.49. The first-order valence-electron chi connectivity index (χ1n) is 11.4. The third-order valence-corrected chi connectivity index (χ3v) is 7.38. The van der Waals surface area contributed by atoms with E-state index in [-0.39, 0.29) is 29.8 Å². The Labute approximate surface area is 199 Å². The molecule has 1 amide bonds. The van der Waals surface area contributed by atoms with Crippen molar-refractivity contribution in [1.82, 2.24) is 4.31 Å². The zero-order chi connectivity index (χ0) is 24.7. The van der Waals surface area contributed by atoms with Crippen LogP contribution in [0, 0.1) is 17.6 Å². The molecule has 1 fully saturated rings. The number of ether oxygens (including phenoxy) is 2. The molecule has 0 spiro atoms. The number of nitrogens with zero attached hydrogens (tertiary/aromatic N) is 1. The van der Waals surface area contributed by atoms with Crippen molar-refractivity contribution in [2.45, 2.75) is 44.4 Å². The van der Waals surface area contributed by atoms with Crippen LogP contribution in [-0.4, -0.2) is 44.9 Å². The number of hydrogen-bond donors (Lipinski definition) is 1. The van der Waals surface area contributed by atoms with Crippen LogP contribution in [0.4, 0.5) is 14.5 Å². The van der Waals surface area contributed by atoms with Crippen molar-refractivity contribution in [2.75, 3.05) is 31.6 Å². The zero-order valence-electron chi connectivity index (χ0n) is 19.4. The second kappa shape index (κ2) is 11.6. The normalized spacial score (nSPS) is 15.2. The van der Waals surface area contributed by atoms with Gasteiger partial charge in [-0.3, -0.25) is 4.79 Å². The number of carbonyl (C=O) groups excluding carboxylic acids is 1. The average Bonchev–Trinajstić information content (AvgIpc) is 2.83. The van der Waals surface area contributed by atoms with Crippen LogP contribution >= 0.6 is 0 Å². The van der Waals surface area contributed by atoms with E-state index < -0.39 is 21.7 Å². The minimum Gasteiger partial charge on any atom is -0.490 e.